The molecule has 0 saturated carbocycles. The summed E-state index contributed by atoms with van der Waals surface area (Å²) in [6.07, 6.45) is 0. The number of aryl methyl sites for hydroxylation is 1. The van der Waals surface area contributed by atoms with Crippen molar-refractivity contribution in [3.63, 3.8) is 0 Å². The van der Waals surface area contributed by atoms with Gasteiger partial charge in [-0.3, -0.25) is 9.69 Å². The van der Waals surface area contributed by atoms with E-state index in [0.717, 1.165) is 22.3 Å². The molecule has 0 aromatic heterocycles. The number of anilines is 1. The number of nitrogens with zero attached hydrogens (tertiary/aromatic N) is 1. The Bertz CT molecular complexity index is 480. The standard InChI is InChI=1S/C15H24BrN3O.ClH/c1-11-7-12(5-6-13(11)16)18-14(20)8-19(4)10-15(2,3)9-17;/h5-7H,8-10,17H2,1-4H3,(H,18,20);1H. The number of hydrogen-bond acceptors (Lipinski definition) is 3. The van der Waals surface area contributed by atoms with Gasteiger partial charge in [-0.2, -0.15) is 0 Å². The van der Waals surface area contributed by atoms with Crippen molar-refractivity contribution in [1.82, 2.24) is 4.90 Å². The zero-order valence-corrected chi connectivity index (χ0v) is 15.5. The minimum absolute atomic E-state index is 0. The summed E-state index contributed by atoms with van der Waals surface area (Å²) < 4.78 is 1.04. The highest BCUT2D eigenvalue weighted by Crippen LogP contribution is 2.20. The Balaban J connectivity index is 0.00000400. The van der Waals surface area contributed by atoms with Crippen LogP contribution in [0.25, 0.3) is 0 Å². The Morgan fingerprint density at radius 2 is 2.05 bits per heavy atom. The fourth-order valence-corrected chi connectivity index (χ4v) is 2.27. The van der Waals surface area contributed by atoms with Crippen molar-refractivity contribution in [3.05, 3.63) is 28.2 Å². The van der Waals surface area contributed by atoms with Crippen LogP contribution < -0.4 is 11.1 Å². The summed E-state index contributed by atoms with van der Waals surface area (Å²) in [7, 11) is 1.93. The molecule has 3 N–H and O–H groups in total. The third-order valence-electron chi connectivity index (χ3n) is 3.11. The van der Waals surface area contributed by atoms with Crippen LogP contribution in [0.15, 0.2) is 22.7 Å². The van der Waals surface area contributed by atoms with Gasteiger partial charge in [0.2, 0.25) is 5.91 Å². The predicted octanol–water partition coefficient (Wildman–Crippen LogP) is 3.03. The van der Waals surface area contributed by atoms with Crippen LogP contribution in [-0.4, -0.2) is 37.5 Å². The normalized spacial score (nSPS) is 11.2. The van der Waals surface area contributed by atoms with E-state index in [-0.39, 0.29) is 23.7 Å². The Morgan fingerprint density at radius 3 is 2.57 bits per heavy atom. The van der Waals surface area contributed by atoms with E-state index in [9.17, 15) is 4.79 Å². The van der Waals surface area contributed by atoms with Gasteiger partial charge in [-0.05, 0) is 49.7 Å². The first kappa shape index (κ1) is 20.4. The second kappa shape index (κ2) is 8.73. The zero-order chi connectivity index (χ0) is 15.3. The monoisotopic (exact) mass is 377 g/mol. The number of hydrogen-bond donors (Lipinski definition) is 2. The highest BCUT2D eigenvalue weighted by atomic mass is 79.9. The van der Waals surface area contributed by atoms with Crippen LogP contribution in [0.1, 0.15) is 19.4 Å². The fourth-order valence-electron chi connectivity index (χ4n) is 2.02. The molecule has 0 heterocycles. The van der Waals surface area contributed by atoms with Crippen molar-refractivity contribution >= 4 is 39.9 Å². The summed E-state index contributed by atoms with van der Waals surface area (Å²) in [5, 5.41) is 2.91. The molecule has 1 aromatic rings. The average molecular weight is 379 g/mol. The minimum Gasteiger partial charge on any atom is -0.330 e. The molecule has 0 unspecified atom stereocenters. The molecule has 1 aromatic carbocycles. The molecule has 1 amide bonds. The van der Waals surface area contributed by atoms with Crippen molar-refractivity contribution in [2.75, 3.05) is 32.0 Å². The maximum Gasteiger partial charge on any atom is 0.238 e. The highest BCUT2D eigenvalue weighted by molar-refractivity contribution is 9.10. The summed E-state index contributed by atoms with van der Waals surface area (Å²) in [5.74, 6) is -0.0120. The third-order valence-corrected chi connectivity index (χ3v) is 4.00. The van der Waals surface area contributed by atoms with E-state index in [2.05, 4.69) is 35.1 Å². The Hall–Kier alpha value is -0.620. The largest absolute Gasteiger partial charge is 0.330 e. The Labute approximate surface area is 142 Å². The number of benzene rings is 1. The van der Waals surface area contributed by atoms with Gasteiger partial charge in [0.15, 0.2) is 0 Å². The first-order valence-electron chi connectivity index (χ1n) is 6.68. The summed E-state index contributed by atoms with van der Waals surface area (Å²) in [6.45, 7) is 7.94. The quantitative estimate of drug-likeness (QED) is 0.800. The van der Waals surface area contributed by atoms with Gasteiger partial charge in [0, 0.05) is 16.7 Å². The molecule has 4 nitrogen and oxygen atoms in total. The molecule has 0 bridgehead atoms. The molecule has 120 valence electrons. The molecule has 0 atom stereocenters. The lowest BCUT2D eigenvalue weighted by molar-refractivity contribution is -0.117. The molecular weight excluding hydrogens is 354 g/mol. The minimum atomic E-state index is -0.0120. The van der Waals surface area contributed by atoms with Crippen molar-refractivity contribution in [2.24, 2.45) is 11.1 Å². The lowest BCUT2D eigenvalue weighted by Gasteiger charge is -2.28. The first-order chi connectivity index (χ1) is 9.23. The van der Waals surface area contributed by atoms with Crippen molar-refractivity contribution in [3.8, 4) is 0 Å². The van der Waals surface area contributed by atoms with Crippen LogP contribution in [0.2, 0.25) is 0 Å². The number of carbonyl (C=O) groups is 1. The fraction of sp³-hybridized carbons (Fsp3) is 0.533. The molecule has 0 radical (unpaired) electrons. The molecule has 0 spiro atoms. The van der Waals surface area contributed by atoms with Crippen LogP contribution in [-0.2, 0) is 4.79 Å². The zero-order valence-electron chi connectivity index (χ0n) is 13.1. The molecule has 0 aliphatic rings. The number of rotatable bonds is 6. The van der Waals surface area contributed by atoms with Crippen molar-refractivity contribution in [2.45, 2.75) is 20.8 Å². The van der Waals surface area contributed by atoms with Crippen LogP contribution in [0.4, 0.5) is 5.69 Å². The van der Waals surface area contributed by atoms with E-state index in [0.29, 0.717) is 13.1 Å². The summed E-state index contributed by atoms with van der Waals surface area (Å²) in [6, 6.07) is 5.77. The molecular formula is C15H25BrClN3O. The second-order valence-corrected chi connectivity index (χ2v) is 6.91. The average Bonchev–Trinajstić information content (AvgIpc) is 2.33. The number of likely N-dealkylation sites (N-methyl/N-ethyl adjacent to an activating group) is 1. The van der Waals surface area contributed by atoms with Gasteiger partial charge in [0.1, 0.15) is 0 Å². The van der Waals surface area contributed by atoms with E-state index < -0.39 is 0 Å². The van der Waals surface area contributed by atoms with Gasteiger partial charge in [-0.25, -0.2) is 0 Å². The van der Waals surface area contributed by atoms with Crippen molar-refractivity contribution < 1.29 is 4.79 Å². The topological polar surface area (TPSA) is 58.4 Å². The summed E-state index contributed by atoms with van der Waals surface area (Å²) in [4.78, 5) is 14.0. The smallest absolute Gasteiger partial charge is 0.238 e. The van der Waals surface area contributed by atoms with Crippen LogP contribution in [0.5, 0.6) is 0 Å². The summed E-state index contributed by atoms with van der Waals surface area (Å²) >= 11 is 3.44. The second-order valence-electron chi connectivity index (χ2n) is 6.05. The Morgan fingerprint density at radius 1 is 1.43 bits per heavy atom. The van der Waals surface area contributed by atoms with Crippen LogP contribution >= 0.6 is 28.3 Å². The van der Waals surface area contributed by atoms with E-state index in [1.54, 1.807) is 0 Å². The number of amides is 1. The van der Waals surface area contributed by atoms with Gasteiger partial charge in [0.25, 0.3) is 0 Å². The van der Waals surface area contributed by atoms with Gasteiger partial charge < -0.3 is 11.1 Å². The molecule has 0 fully saturated rings. The lowest BCUT2D eigenvalue weighted by Crippen LogP contribution is -2.40. The third kappa shape index (κ3) is 7.27. The molecule has 0 saturated heterocycles. The molecule has 6 heteroatoms. The SMILES string of the molecule is Cc1cc(NC(=O)CN(C)CC(C)(C)CN)ccc1Br.Cl. The van der Waals surface area contributed by atoms with Crippen molar-refractivity contribution in [1.29, 1.82) is 0 Å². The highest BCUT2D eigenvalue weighted by Gasteiger charge is 2.19. The van der Waals surface area contributed by atoms with Gasteiger partial charge in [-0.15, -0.1) is 12.4 Å². The van der Waals surface area contributed by atoms with E-state index in [1.165, 1.54) is 0 Å². The number of nitrogens with one attached hydrogen (secondary N) is 1. The van der Waals surface area contributed by atoms with E-state index in [1.807, 2.05) is 37.1 Å². The molecule has 1 rings (SSSR count). The number of halogens is 2. The Kier molecular flexibility index (Phi) is 8.48. The number of carbonyl (C=O) groups excluding carboxylic acids is 1. The maximum atomic E-state index is 12.0. The maximum absolute atomic E-state index is 12.0. The van der Waals surface area contributed by atoms with E-state index in [4.69, 9.17) is 5.73 Å². The predicted molar refractivity (Wildman–Crippen MR) is 95.1 cm³/mol. The van der Waals surface area contributed by atoms with Gasteiger partial charge in [-0.1, -0.05) is 29.8 Å². The lowest BCUT2D eigenvalue weighted by atomic mass is 9.93. The molecule has 0 aliphatic heterocycles. The van der Waals surface area contributed by atoms with E-state index >= 15 is 0 Å². The van der Waals surface area contributed by atoms with Gasteiger partial charge >= 0.3 is 0 Å². The first-order valence-corrected chi connectivity index (χ1v) is 7.47. The van der Waals surface area contributed by atoms with Gasteiger partial charge in [0.05, 0.1) is 6.54 Å². The number of nitrogens with two attached hydrogens (primary N) is 1. The summed E-state index contributed by atoms with van der Waals surface area (Å²) in [5.41, 5.74) is 7.64. The van der Waals surface area contributed by atoms with Crippen LogP contribution in [0, 0.1) is 12.3 Å². The molecule has 21 heavy (non-hydrogen) atoms. The molecule has 0 aliphatic carbocycles. The van der Waals surface area contributed by atoms with Crippen LogP contribution in [0.3, 0.4) is 0 Å².